The van der Waals surface area contributed by atoms with Gasteiger partial charge in [0, 0.05) is 48.0 Å². The van der Waals surface area contributed by atoms with E-state index in [1.807, 2.05) is 0 Å². The van der Waals surface area contributed by atoms with Gasteiger partial charge in [0.25, 0.3) is 0 Å². The molecule has 1 aliphatic rings. The molecule has 10 heteroatoms. The average Bonchev–Trinajstić information content (AvgIpc) is 2.72. The minimum Gasteiger partial charge on any atom is -0.395 e. The molecule has 28 heavy (non-hydrogen) atoms. The highest BCUT2D eigenvalue weighted by Crippen LogP contribution is 2.28. The van der Waals surface area contributed by atoms with E-state index in [1.165, 1.54) is 0 Å². The third-order valence-electron chi connectivity index (χ3n) is 4.81. The Kier molecular flexibility index (Phi) is 7.32. The lowest BCUT2D eigenvalue weighted by atomic mass is 10.1. The quantitative estimate of drug-likeness (QED) is 0.567. The molecule has 1 atom stereocenters. The van der Waals surface area contributed by atoms with Gasteiger partial charge in [-0.25, -0.2) is 15.0 Å². The fraction of sp³-hybridized carbons (Fsp3) is 0.667. The number of hydrogen-bond donors (Lipinski definition) is 3. The van der Waals surface area contributed by atoms with E-state index in [4.69, 9.17) is 5.11 Å². The number of nitrogens with zero attached hydrogens (tertiary/aromatic N) is 5. The fourth-order valence-electron chi connectivity index (χ4n) is 3.28. The first-order valence-corrected chi connectivity index (χ1v) is 11.4. The molecule has 3 heterocycles. The van der Waals surface area contributed by atoms with E-state index in [2.05, 4.69) is 49.3 Å². The SMILES string of the molecule is CCCC(CC)Nc1ncnc2c(N3CCS(=O)CC3)nc(NCCO)nc12. The van der Waals surface area contributed by atoms with Crippen LogP contribution in [0, 0.1) is 0 Å². The van der Waals surface area contributed by atoms with Gasteiger partial charge in [0.05, 0.1) is 6.61 Å². The minimum atomic E-state index is -0.773. The maximum absolute atomic E-state index is 11.8. The Morgan fingerprint density at radius 2 is 2.00 bits per heavy atom. The Hall–Kier alpha value is -2.07. The third-order valence-corrected chi connectivity index (χ3v) is 6.08. The van der Waals surface area contributed by atoms with Crippen LogP contribution in [0.4, 0.5) is 17.6 Å². The molecule has 0 bridgehead atoms. The van der Waals surface area contributed by atoms with E-state index in [9.17, 15) is 4.21 Å². The number of aromatic nitrogens is 4. The molecule has 0 saturated carbocycles. The van der Waals surface area contributed by atoms with Crippen LogP contribution in [0.5, 0.6) is 0 Å². The van der Waals surface area contributed by atoms with Crippen LogP contribution < -0.4 is 15.5 Å². The summed E-state index contributed by atoms with van der Waals surface area (Å²) in [5, 5.41) is 15.7. The van der Waals surface area contributed by atoms with Gasteiger partial charge in [-0.2, -0.15) is 4.98 Å². The predicted octanol–water partition coefficient (Wildman–Crippen LogP) is 1.38. The zero-order valence-corrected chi connectivity index (χ0v) is 17.3. The summed E-state index contributed by atoms with van der Waals surface area (Å²) in [5.41, 5.74) is 1.35. The highest BCUT2D eigenvalue weighted by Gasteiger charge is 2.22. The van der Waals surface area contributed by atoms with Crippen molar-refractivity contribution in [3.05, 3.63) is 6.33 Å². The molecule has 3 rings (SSSR count). The molecule has 0 aromatic carbocycles. The van der Waals surface area contributed by atoms with Crippen molar-refractivity contribution in [1.29, 1.82) is 0 Å². The monoisotopic (exact) mass is 407 g/mol. The van der Waals surface area contributed by atoms with Crippen LogP contribution in [-0.4, -0.2) is 73.0 Å². The van der Waals surface area contributed by atoms with Crippen LogP contribution in [0.15, 0.2) is 6.33 Å². The van der Waals surface area contributed by atoms with E-state index >= 15 is 0 Å². The number of anilines is 3. The maximum Gasteiger partial charge on any atom is 0.225 e. The summed E-state index contributed by atoms with van der Waals surface area (Å²) in [6, 6.07) is 0.313. The van der Waals surface area contributed by atoms with Crippen molar-refractivity contribution in [3.8, 4) is 0 Å². The first-order chi connectivity index (χ1) is 13.7. The Morgan fingerprint density at radius 1 is 1.21 bits per heavy atom. The Bertz CT molecular complexity index is 810. The fourth-order valence-corrected chi connectivity index (χ4v) is 4.33. The molecule has 0 amide bonds. The minimum absolute atomic E-state index is 0.00969. The van der Waals surface area contributed by atoms with Gasteiger partial charge in [-0.05, 0) is 12.8 Å². The van der Waals surface area contributed by atoms with Gasteiger partial charge < -0.3 is 20.6 Å². The maximum atomic E-state index is 11.8. The number of rotatable bonds is 9. The lowest BCUT2D eigenvalue weighted by molar-refractivity contribution is 0.311. The number of aliphatic hydroxyl groups excluding tert-OH is 1. The zero-order valence-electron chi connectivity index (χ0n) is 16.5. The van der Waals surface area contributed by atoms with Gasteiger partial charge in [-0.1, -0.05) is 20.3 Å². The Morgan fingerprint density at radius 3 is 2.68 bits per heavy atom. The van der Waals surface area contributed by atoms with E-state index in [1.54, 1.807) is 6.33 Å². The first-order valence-electron chi connectivity index (χ1n) is 9.90. The smallest absolute Gasteiger partial charge is 0.225 e. The number of nitrogens with one attached hydrogen (secondary N) is 2. The standard InChI is InChI=1S/C18H29N7O2S/c1-3-5-13(4-2)22-16-14-15(20-12-21-16)17(24-18(23-14)19-6-9-26)25-7-10-28(27)11-8-25/h12-13,26H,3-11H2,1-2H3,(H,19,23,24)(H,20,21,22). The summed E-state index contributed by atoms with van der Waals surface area (Å²) < 4.78 is 11.8. The molecule has 154 valence electrons. The second-order valence-electron chi connectivity index (χ2n) is 6.81. The molecule has 2 aromatic heterocycles. The Labute approximate surface area is 167 Å². The van der Waals surface area contributed by atoms with Gasteiger partial charge in [0.15, 0.2) is 11.6 Å². The highest BCUT2D eigenvalue weighted by molar-refractivity contribution is 7.85. The molecule has 9 nitrogen and oxygen atoms in total. The molecule has 1 fully saturated rings. The molecule has 0 aliphatic carbocycles. The summed E-state index contributed by atoms with van der Waals surface area (Å²) in [7, 11) is -0.773. The van der Waals surface area contributed by atoms with E-state index < -0.39 is 10.8 Å². The Balaban J connectivity index is 2.03. The molecule has 2 aromatic rings. The third kappa shape index (κ3) is 4.85. The number of hydrogen-bond acceptors (Lipinski definition) is 9. The molecular formula is C18H29N7O2S. The second-order valence-corrected chi connectivity index (χ2v) is 8.51. The zero-order chi connectivity index (χ0) is 19.9. The lowest BCUT2D eigenvalue weighted by Gasteiger charge is -2.28. The van der Waals surface area contributed by atoms with Gasteiger partial charge in [0.2, 0.25) is 5.95 Å². The van der Waals surface area contributed by atoms with Gasteiger partial charge in [0.1, 0.15) is 17.4 Å². The normalized spacial score (nSPS) is 16.3. The van der Waals surface area contributed by atoms with Crippen molar-refractivity contribution < 1.29 is 9.32 Å². The van der Waals surface area contributed by atoms with Crippen molar-refractivity contribution in [3.63, 3.8) is 0 Å². The summed E-state index contributed by atoms with van der Waals surface area (Å²) in [6.07, 6.45) is 4.67. The van der Waals surface area contributed by atoms with Crippen LogP contribution in [0.2, 0.25) is 0 Å². The van der Waals surface area contributed by atoms with Crippen LogP contribution in [0.1, 0.15) is 33.1 Å². The van der Waals surface area contributed by atoms with Crippen LogP contribution in [0.3, 0.4) is 0 Å². The largest absolute Gasteiger partial charge is 0.395 e. The van der Waals surface area contributed by atoms with E-state index in [0.29, 0.717) is 60.0 Å². The van der Waals surface area contributed by atoms with Crippen LogP contribution in [-0.2, 0) is 10.8 Å². The van der Waals surface area contributed by atoms with E-state index in [-0.39, 0.29) is 6.61 Å². The lowest BCUT2D eigenvalue weighted by Crippen LogP contribution is -2.38. The topological polar surface area (TPSA) is 116 Å². The molecule has 1 saturated heterocycles. The summed E-state index contributed by atoms with van der Waals surface area (Å²) >= 11 is 0. The number of aliphatic hydroxyl groups is 1. The molecular weight excluding hydrogens is 378 g/mol. The molecule has 0 radical (unpaired) electrons. The second kappa shape index (κ2) is 9.92. The van der Waals surface area contributed by atoms with E-state index in [0.717, 1.165) is 25.1 Å². The van der Waals surface area contributed by atoms with Gasteiger partial charge in [-0.15, -0.1) is 0 Å². The highest BCUT2D eigenvalue weighted by atomic mass is 32.2. The predicted molar refractivity (Wildman–Crippen MR) is 113 cm³/mol. The first kappa shape index (κ1) is 20.7. The summed E-state index contributed by atoms with van der Waals surface area (Å²) in [5.74, 6) is 3.09. The van der Waals surface area contributed by atoms with Crippen molar-refractivity contribution >= 4 is 39.4 Å². The molecule has 1 unspecified atom stereocenters. The summed E-state index contributed by atoms with van der Waals surface area (Å²) in [6.45, 7) is 6.00. The van der Waals surface area contributed by atoms with Crippen LogP contribution >= 0.6 is 0 Å². The summed E-state index contributed by atoms with van der Waals surface area (Å²) in [4.78, 5) is 20.3. The molecule has 1 aliphatic heterocycles. The van der Waals surface area contributed by atoms with Gasteiger partial charge in [-0.3, -0.25) is 4.21 Å². The molecule has 3 N–H and O–H groups in total. The van der Waals surface area contributed by atoms with Crippen molar-refractivity contribution in [2.24, 2.45) is 0 Å². The number of fused-ring (bicyclic) bond motifs is 1. The van der Waals surface area contributed by atoms with Crippen molar-refractivity contribution in [2.75, 3.05) is 53.3 Å². The van der Waals surface area contributed by atoms with Gasteiger partial charge >= 0.3 is 0 Å². The molecule has 0 spiro atoms. The average molecular weight is 408 g/mol. The van der Waals surface area contributed by atoms with Crippen molar-refractivity contribution in [1.82, 2.24) is 19.9 Å². The van der Waals surface area contributed by atoms with Crippen molar-refractivity contribution in [2.45, 2.75) is 39.2 Å². The van der Waals surface area contributed by atoms with Crippen LogP contribution in [0.25, 0.3) is 11.0 Å².